The zero-order valence-corrected chi connectivity index (χ0v) is 12.6. The van der Waals surface area contributed by atoms with Gasteiger partial charge in [-0.2, -0.15) is 5.26 Å². The SMILES string of the molecule is CC(C)(CCCO)CNc1nc2ccccc2cc1C#N. The first-order valence-corrected chi connectivity index (χ1v) is 7.20. The molecule has 4 heteroatoms. The Kier molecular flexibility index (Phi) is 4.77. The molecule has 0 spiro atoms. The molecule has 1 heterocycles. The van der Waals surface area contributed by atoms with Crippen molar-refractivity contribution in [3.8, 4) is 6.07 Å². The molecule has 0 saturated carbocycles. The van der Waals surface area contributed by atoms with Gasteiger partial charge in [0, 0.05) is 18.5 Å². The number of hydrogen-bond acceptors (Lipinski definition) is 4. The summed E-state index contributed by atoms with van der Waals surface area (Å²) in [6, 6.07) is 11.8. The monoisotopic (exact) mass is 283 g/mol. The number of hydrogen-bond donors (Lipinski definition) is 2. The lowest BCUT2D eigenvalue weighted by atomic mass is 9.88. The Morgan fingerprint density at radius 2 is 2.10 bits per heavy atom. The first-order valence-electron chi connectivity index (χ1n) is 7.20. The highest BCUT2D eigenvalue weighted by Crippen LogP contribution is 2.25. The van der Waals surface area contributed by atoms with Crippen LogP contribution < -0.4 is 5.32 Å². The van der Waals surface area contributed by atoms with Gasteiger partial charge in [0.05, 0.1) is 11.1 Å². The molecule has 2 N–H and O–H groups in total. The minimum atomic E-state index is 0.0444. The lowest BCUT2D eigenvalue weighted by Gasteiger charge is -2.25. The fraction of sp³-hybridized carbons (Fsp3) is 0.412. The number of nitriles is 1. The number of rotatable bonds is 6. The molecule has 0 atom stereocenters. The lowest BCUT2D eigenvalue weighted by Crippen LogP contribution is -2.24. The van der Waals surface area contributed by atoms with Crippen LogP contribution in [0.15, 0.2) is 30.3 Å². The van der Waals surface area contributed by atoms with Gasteiger partial charge in [0.1, 0.15) is 11.9 Å². The van der Waals surface area contributed by atoms with E-state index in [-0.39, 0.29) is 12.0 Å². The summed E-state index contributed by atoms with van der Waals surface area (Å²) in [6.45, 7) is 5.21. The van der Waals surface area contributed by atoms with Crippen LogP contribution >= 0.6 is 0 Å². The lowest BCUT2D eigenvalue weighted by molar-refractivity contribution is 0.248. The average Bonchev–Trinajstić information content (AvgIpc) is 2.50. The smallest absolute Gasteiger partial charge is 0.144 e. The predicted octanol–water partition coefficient (Wildman–Crippen LogP) is 3.32. The van der Waals surface area contributed by atoms with Gasteiger partial charge in [0.25, 0.3) is 0 Å². The van der Waals surface area contributed by atoms with E-state index < -0.39 is 0 Å². The topological polar surface area (TPSA) is 68.9 Å². The molecule has 1 aromatic carbocycles. The molecule has 2 rings (SSSR count). The summed E-state index contributed by atoms with van der Waals surface area (Å²) >= 11 is 0. The van der Waals surface area contributed by atoms with Crippen LogP contribution in [0.5, 0.6) is 0 Å². The van der Waals surface area contributed by atoms with Crippen molar-refractivity contribution < 1.29 is 5.11 Å². The Bertz CT molecular complexity index is 659. The number of aliphatic hydroxyl groups excluding tert-OH is 1. The molecule has 0 aliphatic carbocycles. The quantitative estimate of drug-likeness (QED) is 0.853. The molecule has 0 unspecified atom stereocenters. The van der Waals surface area contributed by atoms with E-state index in [4.69, 9.17) is 5.11 Å². The fourth-order valence-corrected chi connectivity index (χ4v) is 2.30. The summed E-state index contributed by atoms with van der Waals surface area (Å²) in [5, 5.41) is 22.5. The maximum absolute atomic E-state index is 9.29. The summed E-state index contributed by atoms with van der Waals surface area (Å²) < 4.78 is 0. The number of anilines is 1. The normalized spacial score (nSPS) is 11.3. The Balaban J connectivity index is 2.19. The van der Waals surface area contributed by atoms with Crippen LogP contribution in [0, 0.1) is 16.7 Å². The highest BCUT2D eigenvalue weighted by molar-refractivity contribution is 5.82. The van der Waals surface area contributed by atoms with Crippen molar-refractivity contribution >= 4 is 16.7 Å². The minimum absolute atomic E-state index is 0.0444. The van der Waals surface area contributed by atoms with Gasteiger partial charge in [-0.05, 0) is 30.4 Å². The summed E-state index contributed by atoms with van der Waals surface area (Å²) in [5.41, 5.74) is 1.49. The third kappa shape index (κ3) is 3.93. The van der Waals surface area contributed by atoms with Crippen molar-refractivity contribution in [2.45, 2.75) is 26.7 Å². The van der Waals surface area contributed by atoms with E-state index in [0.717, 1.165) is 23.7 Å². The molecular weight excluding hydrogens is 262 g/mol. The molecule has 0 fully saturated rings. The molecule has 0 bridgehead atoms. The van der Waals surface area contributed by atoms with Gasteiger partial charge in [-0.15, -0.1) is 0 Å². The second-order valence-corrected chi connectivity index (χ2v) is 6.03. The summed E-state index contributed by atoms with van der Waals surface area (Å²) in [6.07, 6.45) is 1.71. The second-order valence-electron chi connectivity index (χ2n) is 6.03. The third-order valence-corrected chi connectivity index (χ3v) is 3.59. The van der Waals surface area contributed by atoms with E-state index in [1.54, 1.807) is 0 Å². The number of para-hydroxylation sites is 1. The van der Waals surface area contributed by atoms with Gasteiger partial charge in [-0.3, -0.25) is 0 Å². The largest absolute Gasteiger partial charge is 0.396 e. The molecule has 0 saturated heterocycles. The number of benzene rings is 1. The zero-order valence-electron chi connectivity index (χ0n) is 12.6. The molecule has 21 heavy (non-hydrogen) atoms. The maximum atomic E-state index is 9.29. The number of fused-ring (bicyclic) bond motifs is 1. The number of nitrogens with one attached hydrogen (secondary N) is 1. The van der Waals surface area contributed by atoms with E-state index in [0.29, 0.717) is 17.9 Å². The van der Waals surface area contributed by atoms with Crippen LogP contribution in [0.3, 0.4) is 0 Å². The number of aliphatic hydroxyl groups is 1. The van der Waals surface area contributed by atoms with Crippen molar-refractivity contribution in [3.05, 3.63) is 35.9 Å². The number of pyridine rings is 1. The first-order chi connectivity index (χ1) is 10.1. The van der Waals surface area contributed by atoms with Crippen LogP contribution in [-0.2, 0) is 0 Å². The van der Waals surface area contributed by atoms with E-state index >= 15 is 0 Å². The van der Waals surface area contributed by atoms with E-state index in [1.807, 2.05) is 30.3 Å². The Hall–Kier alpha value is -2.12. The van der Waals surface area contributed by atoms with Gasteiger partial charge < -0.3 is 10.4 Å². The maximum Gasteiger partial charge on any atom is 0.144 e. The van der Waals surface area contributed by atoms with Crippen LogP contribution in [0.4, 0.5) is 5.82 Å². The van der Waals surface area contributed by atoms with Crippen molar-refractivity contribution in [2.24, 2.45) is 5.41 Å². The van der Waals surface area contributed by atoms with Gasteiger partial charge in [0.15, 0.2) is 0 Å². The van der Waals surface area contributed by atoms with E-state index in [2.05, 4.69) is 30.2 Å². The molecule has 2 aromatic rings. The minimum Gasteiger partial charge on any atom is -0.396 e. The molecule has 4 nitrogen and oxygen atoms in total. The van der Waals surface area contributed by atoms with E-state index in [9.17, 15) is 5.26 Å². The van der Waals surface area contributed by atoms with Crippen molar-refractivity contribution in [1.29, 1.82) is 5.26 Å². The molecule has 0 aliphatic heterocycles. The summed E-state index contributed by atoms with van der Waals surface area (Å²) in [4.78, 5) is 4.55. The van der Waals surface area contributed by atoms with Gasteiger partial charge in [0.2, 0.25) is 0 Å². The highest BCUT2D eigenvalue weighted by atomic mass is 16.2. The molecule has 0 aliphatic rings. The molecular formula is C17H21N3O. The first kappa shape index (κ1) is 15.3. The molecule has 1 aromatic heterocycles. The summed E-state index contributed by atoms with van der Waals surface area (Å²) in [5.74, 6) is 0.633. The van der Waals surface area contributed by atoms with Crippen LogP contribution in [-0.4, -0.2) is 23.2 Å². The van der Waals surface area contributed by atoms with Crippen molar-refractivity contribution in [2.75, 3.05) is 18.5 Å². The van der Waals surface area contributed by atoms with Gasteiger partial charge in [-0.25, -0.2) is 4.98 Å². The van der Waals surface area contributed by atoms with E-state index in [1.165, 1.54) is 0 Å². The Labute approximate surface area is 125 Å². The van der Waals surface area contributed by atoms with Crippen molar-refractivity contribution in [3.63, 3.8) is 0 Å². The molecule has 0 amide bonds. The van der Waals surface area contributed by atoms with Crippen LogP contribution in [0.2, 0.25) is 0 Å². The Morgan fingerprint density at radius 3 is 2.81 bits per heavy atom. The standard InChI is InChI=1S/C17H21N3O/c1-17(2,8-5-9-21)12-19-16-14(11-18)10-13-6-3-4-7-15(13)20-16/h3-4,6-7,10,21H,5,8-9,12H2,1-2H3,(H,19,20). The summed E-state index contributed by atoms with van der Waals surface area (Å²) in [7, 11) is 0. The average molecular weight is 283 g/mol. The third-order valence-electron chi connectivity index (χ3n) is 3.59. The predicted molar refractivity (Wildman–Crippen MR) is 85.0 cm³/mol. The second kappa shape index (κ2) is 6.55. The fourth-order valence-electron chi connectivity index (χ4n) is 2.30. The highest BCUT2D eigenvalue weighted by Gasteiger charge is 2.18. The Morgan fingerprint density at radius 1 is 1.33 bits per heavy atom. The zero-order chi connectivity index (χ0) is 15.3. The van der Waals surface area contributed by atoms with Crippen LogP contribution in [0.25, 0.3) is 10.9 Å². The van der Waals surface area contributed by atoms with Crippen LogP contribution in [0.1, 0.15) is 32.3 Å². The molecule has 0 radical (unpaired) electrons. The number of nitrogens with zero attached hydrogens (tertiary/aromatic N) is 2. The van der Waals surface area contributed by atoms with Crippen molar-refractivity contribution in [1.82, 2.24) is 4.98 Å². The number of aromatic nitrogens is 1. The molecule has 110 valence electrons. The van der Waals surface area contributed by atoms with Gasteiger partial charge in [-0.1, -0.05) is 32.0 Å². The van der Waals surface area contributed by atoms with Gasteiger partial charge >= 0.3 is 0 Å².